The highest BCUT2D eigenvalue weighted by molar-refractivity contribution is 5.28. The molecule has 1 aliphatic rings. The average Bonchev–Trinajstić information content (AvgIpc) is 3.16. The van der Waals surface area contributed by atoms with Crippen molar-refractivity contribution in [3.8, 4) is 6.07 Å². The summed E-state index contributed by atoms with van der Waals surface area (Å²) in [5.41, 5.74) is 3.23. The van der Waals surface area contributed by atoms with Gasteiger partial charge in [0.1, 0.15) is 11.8 Å². The van der Waals surface area contributed by atoms with E-state index in [-0.39, 0.29) is 0 Å². The van der Waals surface area contributed by atoms with E-state index in [2.05, 4.69) is 40.4 Å². The largest absolute Gasteiger partial charge is 0.339 e. The van der Waals surface area contributed by atoms with E-state index in [9.17, 15) is 0 Å². The normalized spacial score (nSPS) is 19.5. The average molecular weight is 283 g/mol. The Morgan fingerprint density at radius 1 is 1.52 bits per heavy atom. The number of hydrogen-bond donors (Lipinski definition) is 1. The minimum Gasteiger partial charge on any atom is -0.339 e. The first-order chi connectivity index (χ1) is 10.3. The topological polar surface area (TPSA) is 60.6 Å². The van der Waals surface area contributed by atoms with Gasteiger partial charge in [-0.15, -0.1) is 0 Å². The van der Waals surface area contributed by atoms with Gasteiger partial charge in [0, 0.05) is 43.6 Å². The summed E-state index contributed by atoms with van der Waals surface area (Å²) in [6.07, 6.45) is 6.37. The summed E-state index contributed by atoms with van der Waals surface area (Å²) in [7, 11) is 0. The van der Waals surface area contributed by atoms with Gasteiger partial charge < -0.3 is 4.57 Å². The molecule has 1 atom stereocenters. The molecule has 1 N–H and O–H groups in total. The number of piperidine rings is 1. The lowest BCUT2D eigenvalue weighted by Gasteiger charge is -2.31. The van der Waals surface area contributed by atoms with Crippen LogP contribution in [-0.4, -0.2) is 32.8 Å². The van der Waals surface area contributed by atoms with Gasteiger partial charge in [-0.25, -0.2) is 0 Å². The third-order valence-electron chi connectivity index (χ3n) is 4.28. The zero-order valence-electron chi connectivity index (χ0n) is 12.4. The molecule has 3 rings (SSSR count). The number of likely N-dealkylation sites (tertiary alicyclic amines) is 1. The number of nitrogens with zero attached hydrogens (tertiary/aromatic N) is 4. The number of aromatic amines is 1. The maximum Gasteiger partial charge on any atom is 0.120 e. The number of nitriles is 1. The van der Waals surface area contributed by atoms with Gasteiger partial charge in [0.25, 0.3) is 0 Å². The predicted octanol–water partition coefficient (Wildman–Crippen LogP) is 2.48. The van der Waals surface area contributed by atoms with Gasteiger partial charge in [-0.2, -0.15) is 10.4 Å². The fourth-order valence-electron chi connectivity index (χ4n) is 3.22. The molecule has 0 bridgehead atoms. The van der Waals surface area contributed by atoms with Crippen LogP contribution in [0.25, 0.3) is 0 Å². The summed E-state index contributed by atoms with van der Waals surface area (Å²) >= 11 is 0. The molecule has 0 aromatic carbocycles. The van der Waals surface area contributed by atoms with Crippen molar-refractivity contribution in [2.45, 2.75) is 38.8 Å². The number of aromatic nitrogens is 3. The summed E-state index contributed by atoms with van der Waals surface area (Å²) in [5.74, 6) is 0.546. The third-order valence-corrected chi connectivity index (χ3v) is 4.28. The van der Waals surface area contributed by atoms with E-state index in [0.29, 0.717) is 5.92 Å². The maximum absolute atomic E-state index is 9.14. The van der Waals surface area contributed by atoms with E-state index in [1.165, 1.54) is 24.1 Å². The fourth-order valence-corrected chi connectivity index (χ4v) is 3.22. The van der Waals surface area contributed by atoms with Crippen molar-refractivity contribution >= 4 is 0 Å². The van der Waals surface area contributed by atoms with Crippen molar-refractivity contribution < 1.29 is 0 Å². The van der Waals surface area contributed by atoms with Crippen LogP contribution >= 0.6 is 0 Å². The highest BCUT2D eigenvalue weighted by Gasteiger charge is 2.22. The molecule has 0 radical (unpaired) electrons. The van der Waals surface area contributed by atoms with Gasteiger partial charge in [0.05, 0.1) is 0 Å². The molecule has 0 aliphatic carbocycles. The molecule has 1 saturated heterocycles. The molecule has 1 unspecified atom stereocenters. The summed E-state index contributed by atoms with van der Waals surface area (Å²) in [6.45, 7) is 6.02. The Bertz CT molecular complexity index is 620. The van der Waals surface area contributed by atoms with Gasteiger partial charge >= 0.3 is 0 Å². The zero-order valence-corrected chi connectivity index (χ0v) is 12.4. The summed E-state index contributed by atoms with van der Waals surface area (Å²) in [6, 6.07) is 6.36. The van der Waals surface area contributed by atoms with Crippen molar-refractivity contribution in [2.24, 2.45) is 0 Å². The molecule has 2 aromatic rings. The molecule has 3 heterocycles. The quantitative estimate of drug-likeness (QED) is 0.937. The number of hydrogen-bond acceptors (Lipinski definition) is 3. The molecular formula is C16H21N5. The molecule has 0 amide bonds. The van der Waals surface area contributed by atoms with Gasteiger partial charge in [-0.1, -0.05) is 0 Å². The minimum absolute atomic E-state index is 0.546. The lowest BCUT2D eigenvalue weighted by atomic mass is 9.95. The third kappa shape index (κ3) is 3.01. The molecule has 21 heavy (non-hydrogen) atoms. The molecule has 0 spiro atoms. The van der Waals surface area contributed by atoms with Crippen LogP contribution in [0.5, 0.6) is 0 Å². The van der Waals surface area contributed by atoms with Gasteiger partial charge in [-0.3, -0.25) is 10.00 Å². The monoisotopic (exact) mass is 283 g/mol. The predicted molar refractivity (Wildman–Crippen MR) is 80.7 cm³/mol. The number of aryl methyl sites for hydroxylation is 1. The molecule has 2 aromatic heterocycles. The van der Waals surface area contributed by atoms with E-state index in [1.54, 1.807) is 0 Å². The smallest absolute Gasteiger partial charge is 0.120 e. The first-order valence-corrected chi connectivity index (χ1v) is 7.61. The van der Waals surface area contributed by atoms with Gasteiger partial charge in [0.2, 0.25) is 0 Å². The highest BCUT2D eigenvalue weighted by Crippen LogP contribution is 2.26. The van der Waals surface area contributed by atoms with Crippen molar-refractivity contribution in [3.63, 3.8) is 0 Å². The lowest BCUT2D eigenvalue weighted by Crippen LogP contribution is -2.33. The van der Waals surface area contributed by atoms with Crippen LogP contribution in [0.3, 0.4) is 0 Å². The number of rotatable bonds is 4. The molecule has 1 aliphatic heterocycles. The summed E-state index contributed by atoms with van der Waals surface area (Å²) < 4.78 is 2.02. The van der Waals surface area contributed by atoms with Crippen LogP contribution in [0.1, 0.15) is 42.6 Å². The van der Waals surface area contributed by atoms with E-state index in [0.717, 1.165) is 31.9 Å². The molecule has 5 nitrogen and oxygen atoms in total. The molecule has 110 valence electrons. The summed E-state index contributed by atoms with van der Waals surface area (Å²) in [4.78, 5) is 2.48. The molecular weight excluding hydrogens is 262 g/mol. The van der Waals surface area contributed by atoms with Crippen LogP contribution in [0, 0.1) is 11.3 Å². The van der Waals surface area contributed by atoms with Crippen LogP contribution in [0.4, 0.5) is 0 Å². The Morgan fingerprint density at radius 2 is 2.43 bits per heavy atom. The highest BCUT2D eigenvalue weighted by atomic mass is 15.2. The second-order valence-electron chi connectivity index (χ2n) is 5.72. The van der Waals surface area contributed by atoms with Crippen molar-refractivity contribution in [1.82, 2.24) is 19.7 Å². The Kier molecular flexibility index (Phi) is 4.07. The van der Waals surface area contributed by atoms with Crippen molar-refractivity contribution in [1.29, 1.82) is 5.26 Å². The van der Waals surface area contributed by atoms with E-state index in [1.807, 2.05) is 16.8 Å². The number of H-pyrrole nitrogens is 1. The first kappa shape index (κ1) is 13.9. The van der Waals surface area contributed by atoms with E-state index >= 15 is 0 Å². The van der Waals surface area contributed by atoms with Crippen LogP contribution < -0.4 is 0 Å². The Morgan fingerprint density at radius 3 is 3.10 bits per heavy atom. The Hall–Kier alpha value is -2.06. The van der Waals surface area contributed by atoms with Crippen molar-refractivity contribution in [2.75, 3.05) is 13.1 Å². The fraction of sp³-hybridized carbons (Fsp3) is 0.500. The zero-order chi connectivity index (χ0) is 14.7. The Balaban J connectivity index is 1.67. The van der Waals surface area contributed by atoms with E-state index < -0.39 is 0 Å². The Labute approximate surface area is 125 Å². The number of nitrogens with one attached hydrogen (secondary N) is 1. The minimum atomic E-state index is 0.546. The van der Waals surface area contributed by atoms with Crippen LogP contribution in [0.15, 0.2) is 24.5 Å². The summed E-state index contributed by atoms with van der Waals surface area (Å²) in [5, 5.41) is 16.3. The second-order valence-corrected chi connectivity index (χ2v) is 5.72. The standard InChI is InChI=1S/C16H21N5/c1-2-21-11-13(8-15(21)9-17)10-20-7-3-4-14(12-20)16-5-6-18-19-16/h5-6,8,11,14H,2-4,7,10,12H2,1H3,(H,18,19). The van der Waals surface area contributed by atoms with Crippen LogP contribution in [0.2, 0.25) is 0 Å². The molecule has 1 fully saturated rings. The molecule has 5 heteroatoms. The lowest BCUT2D eigenvalue weighted by molar-refractivity contribution is 0.198. The van der Waals surface area contributed by atoms with Gasteiger partial charge in [-0.05, 0) is 44.0 Å². The van der Waals surface area contributed by atoms with E-state index in [4.69, 9.17) is 5.26 Å². The van der Waals surface area contributed by atoms with Crippen LogP contribution in [-0.2, 0) is 13.1 Å². The SMILES string of the molecule is CCn1cc(CN2CCCC(c3ccn[nH]3)C2)cc1C#N. The van der Waals surface area contributed by atoms with Crippen molar-refractivity contribution in [3.05, 3.63) is 41.5 Å². The van der Waals surface area contributed by atoms with Gasteiger partial charge in [0.15, 0.2) is 0 Å². The molecule has 0 saturated carbocycles. The second kappa shape index (κ2) is 6.15. The first-order valence-electron chi connectivity index (χ1n) is 7.61. The maximum atomic E-state index is 9.14.